The second-order valence-corrected chi connectivity index (χ2v) is 13.3. The maximum Gasteiger partial charge on any atom is 0.279 e. The Morgan fingerprint density at radius 2 is 1.15 bits per heavy atom. The van der Waals surface area contributed by atoms with Crippen molar-refractivity contribution in [2.75, 3.05) is 5.32 Å². The van der Waals surface area contributed by atoms with Crippen LogP contribution in [0.3, 0.4) is 0 Å². The van der Waals surface area contributed by atoms with Crippen molar-refractivity contribution in [1.29, 1.82) is 0 Å². The van der Waals surface area contributed by atoms with Crippen LogP contribution in [-0.4, -0.2) is 16.8 Å². The van der Waals surface area contributed by atoms with Crippen molar-refractivity contribution in [2.24, 2.45) is 0 Å². The summed E-state index contributed by atoms with van der Waals surface area (Å²) in [5, 5.41) is 10.7. The lowest BCUT2D eigenvalue weighted by Crippen LogP contribution is -2.37. The predicted octanol–water partition coefficient (Wildman–Crippen LogP) is 5.91. The van der Waals surface area contributed by atoms with Crippen LogP contribution < -0.4 is 26.5 Å². The average molecular weight is 569 g/mol. The molecule has 8 heteroatoms. The highest BCUT2D eigenvalue weighted by Crippen LogP contribution is 2.64. The summed E-state index contributed by atoms with van der Waals surface area (Å²) in [7, 11) is -2.84. The minimum atomic E-state index is -2.84. The van der Waals surface area contributed by atoms with Gasteiger partial charge in [0.15, 0.2) is 18.1 Å². The summed E-state index contributed by atoms with van der Waals surface area (Å²) in [5.41, 5.74) is 0.384. The summed E-state index contributed by atoms with van der Waals surface area (Å²) >= 11 is 8.76. The maximum absolute atomic E-state index is 13.9. The van der Waals surface area contributed by atoms with Crippen LogP contribution in [0.2, 0.25) is 0 Å². The number of hydrogen-bond donors (Lipinski definition) is 2. The number of nitrogens with one attached hydrogen (secondary N) is 2. The molecule has 0 spiro atoms. The first-order valence-corrected chi connectivity index (χ1v) is 15.2. The smallest absolute Gasteiger partial charge is 0.279 e. The molecule has 0 aliphatic carbocycles. The molecule has 0 saturated carbocycles. The fourth-order valence-corrected chi connectivity index (χ4v) is 9.79. The van der Waals surface area contributed by atoms with Crippen molar-refractivity contribution < 1.29 is 9.59 Å². The van der Waals surface area contributed by atoms with Gasteiger partial charge >= 0.3 is 0 Å². The number of nitrogens with zero attached hydrogens (tertiary/aromatic N) is 1. The van der Waals surface area contributed by atoms with Gasteiger partial charge in [-0.1, -0.05) is 72.8 Å². The molecular weight excluding hydrogens is 545 g/mol. The summed E-state index contributed by atoms with van der Waals surface area (Å²) < 4.78 is 0.254. The fourth-order valence-electron chi connectivity index (χ4n) is 4.33. The van der Waals surface area contributed by atoms with Gasteiger partial charge in [-0.2, -0.15) is 0 Å². The van der Waals surface area contributed by atoms with Gasteiger partial charge in [0.1, 0.15) is 15.9 Å². The molecule has 4 aromatic carbocycles. The van der Waals surface area contributed by atoms with Crippen molar-refractivity contribution in [1.82, 2.24) is 10.3 Å². The monoisotopic (exact) mass is 568 g/mol. The molecule has 1 aromatic heterocycles. The molecule has 5 aromatic rings. The van der Waals surface area contributed by atoms with E-state index in [1.54, 1.807) is 35.8 Å². The molecule has 2 N–H and O–H groups in total. The van der Waals surface area contributed by atoms with Crippen LogP contribution in [-0.2, 0) is 4.79 Å². The molecule has 39 heavy (non-hydrogen) atoms. The molecule has 2 amide bonds. The minimum Gasteiger partial charge on any atom is -0.313 e. The Morgan fingerprint density at radius 1 is 0.692 bits per heavy atom. The van der Waals surface area contributed by atoms with E-state index in [2.05, 4.69) is 15.6 Å². The molecule has 0 aliphatic rings. The number of carbonyl (C=O) groups excluding carboxylic acids is 2. The standard InChI is InChI=1S/C31H23ClN3O2PS/c32-28(27(30(37)35-31-33-21-22-39-31)34-29(36)23-13-5-1-6-14-23)38(24-15-7-2-8-16-24,25-17-9-3-10-18-25)26-19-11-4-12-20-26/h1-22H,(H-,33,34,35,36,37)/p+1. The van der Waals surface area contributed by atoms with Crippen molar-refractivity contribution in [3.63, 3.8) is 0 Å². The lowest BCUT2D eigenvalue weighted by Gasteiger charge is -2.28. The first-order chi connectivity index (χ1) is 19.1. The molecule has 0 radical (unpaired) electrons. The summed E-state index contributed by atoms with van der Waals surface area (Å²) in [4.78, 5) is 31.5. The third-order valence-electron chi connectivity index (χ3n) is 6.09. The second-order valence-electron chi connectivity index (χ2n) is 8.45. The molecule has 5 rings (SSSR count). The van der Waals surface area contributed by atoms with Crippen molar-refractivity contribution in [3.05, 3.63) is 149 Å². The zero-order chi connectivity index (χ0) is 27.1. The number of benzene rings is 4. The van der Waals surface area contributed by atoms with Gasteiger partial charge in [0.05, 0.1) is 0 Å². The molecule has 0 bridgehead atoms. The SMILES string of the molecule is O=C(Nc1nccs1)C(NC(=O)c1ccccc1)=C(Cl)[P+](c1ccccc1)(c1ccccc1)c1ccccc1. The summed E-state index contributed by atoms with van der Waals surface area (Å²) in [6, 6.07) is 38.4. The van der Waals surface area contributed by atoms with Gasteiger partial charge in [0.25, 0.3) is 11.8 Å². The molecule has 0 atom stereocenters. The number of halogens is 1. The highest BCUT2D eigenvalue weighted by molar-refractivity contribution is 8.00. The van der Waals surface area contributed by atoms with Crippen LogP contribution >= 0.6 is 30.2 Å². The number of thiazole rings is 1. The summed E-state index contributed by atoms with van der Waals surface area (Å²) in [6.45, 7) is 0. The van der Waals surface area contributed by atoms with Gasteiger partial charge in [0.2, 0.25) is 4.77 Å². The van der Waals surface area contributed by atoms with Crippen molar-refractivity contribution in [2.45, 2.75) is 0 Å². The van der Waals surface area contributed by atoms with Crippen LogP contribution in [0.4, 0.5) is 5.13 Å². The Hall–Kier alpha value is -4.09. The van der Waals surface area contributed by atoms with E-state index in [1.165, 1.54) is 11.3 Å². The Labute approximate surface area is 236 Å². The summed E-state index contributed by atoms with van der Waals surface area (Å²) in [5.74, 6) is -0.989. The van der Waals surface area contributed by atoms with Gasteiger partial charge in [0, 0.05) is 17.1 Å². The van der Waals surface area contributed by atoms with Crippen molar-refractivity contribution >= 4 is 63.1 Å². The quantitative estimate of drug-likeness (QED) is 0.180. The van der Waals surface area contributed by atoms with E-state index in [0.717, 1.165) is 15.9 Å². The Bertz CT molecular complexity index is 1480. The summed E-state index contributed by atoms with van der Waals surface area (Å²) in [6.07, 6.45) is 1.60. The third-order valence-corrected chi connectivity index (χ3v) is 11.8. The minimum absolute atomic E-state index is 0.0226. The van der Waals surface area contributed by atoms with E-state index >= 15 is 0 Å². The Morgan fingerprint density at radius 3 is 1.59 bits per heavy atom. The van der Waals surface area contributed by atoms with E-state index in [0.29, 0.717) is 10.7 Å². The fraction of sp³-hybridized carbons (Fsp3) is 0. The first-order valence-electron chi connectivity index (χ1n) is 12.1. The number of amides is 2. The zero-order valence-electron chi connectivity index (χ0n) is 20.7. The van der Waals surface area contributed by atoms with E-state index < -0.39 is 19.1 Å². The third kappa shape index (κ3) is 5.55. The number of hydrogen-bond acceptors (Lipinski definition) is 4. The zero-order valence-corrected chi connectivity index (χ0v) is 23.2. The topological polar surface area (TPSA) is 71.1 Å². The largest absolute Gasteiger partial charge is 0.313 e. The van der Waals surface area contributed by atoms with Crippen LogP contribution in [0.15, 0.2) is 143 Å². The molecule has 0 fully saturated rings. The molecule has 0 aliphatic heterocycles. The first kappa shape index (κ1) is 26.5. The maximum atomic E-state index is 13.9. The molecule has 0 unspecified atom stereocenters. The lowest BCUT2D eigenvalue weighted by molar-refractivity contribution is -0.113. The van der Waals surface area contributed by atoms with E-state index in [1.807, 2.05) is 97.1 Å². The van der Waals surface area contributed by atoms with E-state index in [4.69, 9.17) is 11.6 Å². The van der Waals surface area contributed by atoms with Crippen LogP contribution in [0.5, 0.6) is 0 Å². The van der Waals surface area contributed by atoms with Crippen LogP contribution in [0.25, 0.3) is 0 Å². The number of rotatable bonds is 8. The molecule has 192 valence electrons. The van der Waals surface area contributed by atoms with Crippen LogP contribution in [0.1, 0.15) is 10.4 Å². The normalized spacial score (nSPS) is 11.8. The van der Waals surface area contributed by atoms with Gasteiger partial charge < -0.3 is 5.32 Å². The predicted molar refractivity (Wildman–Crippen MR) is 163 cm³/mol. The van der Waals surface area contributed by atoms with Gasteiger partial charge in [-0.3, -0.25) is 14.9 Å². The number of anilines is 1. The Balaban J connectivity index is 1.79. The highest BCUT2D eigenvalue weighted by atomic mass is 35.5. The van der Waals surface area contributed by atoms with Crippen LogP contribution in [0, 0.1) is 0 Å². The van der Waals surface area contributed by atoms with Gasteiger partial charge in [-0.25, -0.2) is 4.98 Å². The lowest BCUT2D eigenvalue weighted by atomic mass is 10.2. The number of aromatic nitrogens is 1. The van der Waals surface area contributed by atoms with E-state index in [-0.39, 0.29) is 10.5 Å². The highest BCUT2D eigenvalue weighted by Gasteiger charge is 2.52. The second kappa shape index (κ2) is 12.2. The van der Waals surface area contributed by atoms with Crippen molar-refractivity contribution in [3.8, 4) is 0 Å². The van der Waals surface area contributed by atoms with Gasteiger partial charge in [-0.05, 0) is 60.1 Å². The van der Waals surface area contributed by atoms with E-state index in [9.17, 15) is 9.59 Å². The molecule has 0 saturated heterocycles. The number of carbonyl (C=O) groups is 2. The average Bonchev–Trinajstić information content (AvgIpc) is 3.51. The molecule has 5 nitrogen and oxygen atoms in total. The Kier molecular flexibility index (Phi) is 8.28. The molecule has 1 heterocycles. The van der Waals surface area contributed by atoms with Gasteiger partial charge in [-0.15, -0.1) is 11.3 Å². The molecular formula is C31H24ClN3O2PS+.